The average molecular weight is 252 g/mol. The first kappa shape index (κ1) is 11.8. The Kier molecular flexibility index (Phi) is 3.74. The number of aryl methyl sites for hydroxylation is 2. The molecule has 0 radical (unpaired) electrons. The van der Waals surface area contributed by atoms with Crippen molar-refractivity contribution in [3.05, 3.63) is 38.0 Å². The Morgan fingerprint density at radius 3 is 2.75 bits per heavy atom. The molecular weight excluding hydrogens is 236 g/mol. The smallest absolute Gasteiger partial charge is 0.0897 e. The first-order chi connectivity index (χ1) is 7.72. The van der Waals surface area contributed by atoms with E-state index in [-0.39, 0.29) is 0 Å². The van der Waals surface area contributed by atoms with E-state index in [1.807, 2.05) is 17.5 Å². The van der Waals surface area contributed by atoms with Crippen LogP contribution in [0.25, 0.3) is 0 Å². The van der Waals surface area contributed by atoms with Crippen molar-refractivity contribution in [2.75, 3.05) is 6.54 Å². The highest BCUT2D eigenvalue weighted by Gasteiger charge is 2.18. The second kappa shape index (κ2) is 5.08. The zero-order valence-corrected chi connectivity index (χ0v) is 11.4. The number of nitrogens with one attached hydrogen (secondary N) is 1. The number of aromatic nitrogens is 1. The molecule has 2 aromatic heterocycles. The molecule has 0 saturated heterocycles. The SMILES string of the molecule is CCNC(c1cnc(C)s1)c1sccc1C. The lowest BCUT2D eigenvalue weighted by molar-refractivity contribution is 0.645. The molecule has 86 valence electrons. The van der Waals surface area contributed by atoms with Crippen molar-refractivity contribution in [3.8, 4) is 0 Å². The highest BCUT2D eigenvalue weighted by Crippen LogP contribution is 2.32. The minimum Gasteiger partial charge on any atom is -0.305 e. The molecule has 0 amide bonds. The topological polar surface area (TPSA) is 24.9 Å². The molecule has 4 heteroatoms. The lowest BCUT2D eigenvalue weighted by Crippen LogP contribution is -2.20. The summed E-state index contributed by atoms with van der Waals surface area (Å²) in [7, 11) is 0. The summed E-state index contributed by atoms with van der Waals surface area (Å²) in [5.74, 6) is 0. The van der Waals surface area contributed by atoms with Gasteiger partial charge in [0.2, 0.25) is 0 Å². The Bertz CT molecular complexity index is 459. The highest BCUT2D eigenvalue weighted by molar-refractivity contribution is 7.12. The standard InChI is InChI=1S/C12H16N2S2/c1-4-13-11(10-7-14-9(3)16-10)12-8(2)5-6-15-12/h5-7,11,13H,4H2,1-3H3. The first-order valence-electron chi connectivity index (χ1n) is 5.42. The van der Waals surface area contributed by atoms with Crippen LogP contribution in [0.4, 0.5) is 0 Å². The summed E-state index contributed by atoms with van der Waals surface area (Å²) < 4.78 is 0. The van der Waals surface area contributed by atoms with Gasteiger partial charge in [0.05, 0.1) is 11.0 Å². The van der Waals surface area contributed by atoms with Crippen molar-refractivity contribution in [2.24, 2.45) is 0 Å². The molecule has 2 nitrogen and oxygen atoms in total. The van der Waals surface area contributed by atoms with Gasteiger partial charge in [0, 0.05) is 16.0 Å². The lowest BCUT2D eigenvalue weighted by atomic mass is 10.1. The molecule has 1 atom stereocenters. The van der Waals surface area contributed by atoms with E-state index in [1.165, 1.54) is 15.3 Å². The molecule has 2 rings (SSSR count). The summed E-state index contributed by atoms with van der Waals surface area (Å²) in [5.41, 5.74) is 1.36. The van der Waals surface area contributed by atoms with Gasteiger partial charge in [-0.05, 0) is 37.4 Å². The number of thiophene rings is 1. The van der Waals surface area contributed by atoms with Crippen LogP contribution in [-0.2, 0) is 0 Å². The van der Waals surface area contributed by atoms with Crippen LogP contribution in [0.1, 0.15) is 33.3 Å². The number of hydrogen-bond donors (Lipinski definition) is 1. The average Bonchev–Trinajstić information content (AvgIpc) is 2.84. The van der Waals surface area contributed by atoms with Crippen LogP contribution in [0.5, 0.6) is 0 Å². The van der Waals surface area contributed by atoms with Gasteiger partial charge in [-0.25, -0.2) is 4.98 Å². The van der Waals surface area contributed by atoms with Crippen LogP contribution < -0.4 is 5.32 Å². The molecule has 2 heterocycles. The highest BCUT2D eigenvalue weighted by atomic mass is 32.1. The second-order valence-corrected chi connectivity index (χ2v) is 5.95. The van der Waals surface area contributed by atoms with E-state index in [2.05, 4.69) is 42.5 Å². The molecule has 16 heavy (non-hydrogen) atoms. The lowest BCUT2D eigenvalue weighted by Gasteiger charge is -2.15. The molecular formula is C12H16N2S2. The van der Waals surface area contributed by atoms with Crippen molar-refractivity contribution in [2.45, 2.75) is 26.8 Å². The molecule has 0 bridgehead atoms. The molecule has 0 aliphatic carbocycles. The fourth-order valence-electron chi connectivity index (χ4n) is 1.72. The van der Waals surface area contributed by atoms with E-state index < -0.39 is 0 Å². The Hall–Kier alpha value is -0.710. The third-order valence-corrected chi connectivity index (χ3v) is 4.56. The van der Waals surface area contributed by atoms with Crippen LogP contribution in [0.3, 0.4) is 0 Å². The van der Waals surface area contributed by atoms with Gasteiger partial charge < -0.3 is 5.32 Å². The number of rotatable bonds is 4. The molecule has 1 unspecified atom stereocenters. The van der Waals surface area contributed by atoms with E-state index in [4.69, 9.17) is 0 Å². The molecule has 2 aromatic rings. The van der Waals surface area contributed by atoms with Crippen molar-refractivity contribution in [1.29, 1.82) is 0 Å². The van der Waals surface area contributed by atoms with Gasteiger partial charge in [-0.2, -0.15) is 0 Å². The van der Waals surface area contributed by atoms with Crippen LogP contribution in [0.15, 0.2) is 17.6 Å². The fourth-order valence-corrected chi connectivity index (χ4v) is 3.68. The van der Waals surface area contributed by atoms with Gasteiger partial charge in [-0.15, -0.1) is 22.7 Å². The van der Waals surface area contributed by atoms with E-state index in [1.54, 1.807) is 11.3 Å². The summed E-state index contributed by atoms with van der Waals surface area (Å²) in [6.45, 7) is 7.34. The fraction of sp³-hybridized carbons (Fsp3) is 0.417. The molecule has 0 aliphatic rings. The van der Waals surface area contributed by atoms with Crippen LogP contribution in [-0.4, -0.2) is 11.5 Å². The number of hydrogen-bond acceptors (Lipinski definition) is 4. The summed E-state index contributed by atoms with van der Waals surface area (Å²) >= 11 is 3.59. The summed E-state index contributed by atoms with van der Waals surface area (Å²) in [6.07, 6.45) is 1.99. The predicted molar refractivity (Wildman–Crippen MR) is 71.4 cm³/mol. The van der Waals surface area contributed by atoms with E-state index in [0.29, 0.717) is 6.04 Å². The van der Waals surface area contributed by atoms with Crippen molar-refractivity contribution in [3.63, 3.8) is 0 Å². The van der Waals surface area contributed by atoms with E-state index >= 15 is 0 Å². The quantitative estimate of drug-likeness (QED) is 0.900. The molecule has 0 fully saturated rings. The summed E-state index contributed by atoms with van der Waals surface area (Å²) in [5, 5.41) is 6.82. The van der Waals surface area contributed by atoms with Gasteiger partial charge in [-0.3, -0.25) is 0 Å². The number of nitrogens with zero attached hydrogens (tertiary/aromatic N) is 1. The Labute approximate surface area is 104 Å². The normalized spacial score (nSPS) is 12.9. The second-order valence-electron chi connectivity index (χ2n) is 3.74. The minimum atomic E-state index is 0.316. The maximum absolute atomic E-state index is 4.34. The van der Waals surface area contributed by atoms with Crippen LogP contribution in [0, 0.1) is 13.8 Å². The summed E-state index contributed by atoms with van der Waals surface area (Å²) in [4.78, 5) is 7.06. The molecule has 1 N–H and O–H groups in total. The van der Waals surface area contributed by atoms with Gasteiger partial charge in [-0.1, -0.05) is 6.92 Å². The van der Waals surface area contributed by atoms with Gasteiger partial charge in [0.1, 0.15) is 0 Å². The Morgan fingerprint density at radius 1 is 1.44 bits per heavy atom. The summed E-state index contributed by atoms with van der Waals surface area (Å²) in [6, 6.07) is 2.49. The van der Waals surface area contributed by atoms with E-state index in [9.17, 15) is 0 Å². The van der Waals surface area contributed by atoms with Crippen molar-refractivity contribution >= 4 is 22.7 Å². The maximum atomic E-state index is 4.34. The van der Waals surface area contributed by atoms with E-state index in [0.717, 1.165) is 11.6 Å². The third kappa shape index (κ3) is 2.34. The van der Waals surface area contributed by atoms with Gasteiger partial charge >= 0.3 is 0 Å². The first-order valence-corrected chi connectivity index (χ1v) is 7.11. The van der Waals surface area contributed by atoms with Gasteiger partial charge in [0.15, 0.2) is 0 Å². The molecule has 0 aliphatic heterocycles. The Morgan fingerprint density at radius 2 is 2.25 bits per heavy atom. The largest absolute Gasteiger partial charge is 0.305 e. The predicted octanol–water partition coefficient (Wildman–Crippen LogP) is 3.52. The zero-order valence-electron chi connectivity index (χ0n) is 9.78. The van der Waals surface area contributed by atoms with Crippen molar-refractivity contribution in [1.82, 2.24) is 10.3 Å². The molecule has 0 spiro atoms. The third-order valence-electron chi connectivity index (χ3n) is 2.50. The maximum Gasteiger partial charge on any atom is 0.0897 e. The Balaban J connectivity index is 2.34. The zero-order chi connectivity index (χ0) is 11.5. The molecule has 0 aromatic carbocycles. The monoisotopic (exact) mass is 252 g/mol. The minimum absolute atomic E-state index is 0.316. The number of thiazole rings is 1. The van der Waals surface area contributed by atoms with Crippen LogP contribution in [0.2, 0.25) is 0 Å². The van der Waals surface area contributed by atoms with Gasteiger partial charge in [0.25, 0.3) is 0 Å². The molecule has 0 saturated carbocycles. The van der Waals surface area contributed by atoms with Crippen LogP contribution >= 0.6 is 22.7 Å². The van der Waals surface area contributed by atoms with Crippen molar-refractivity contribution < 1.29 is 0 Å².